The molecule has 0 radical (unpaired) electrons. The van der Waals surface area contributed by atoms with E-state index in [9.17, 15) is 19.5 Å². The Morgan fingerprint density at radius 2 is 2.10 bits per heavy atom. The first-order chi connectivity index (χ1) is 14.9. The molecule has 10 nitrogen and oxygen atoms in total. The van der Waals surface area contributed by atoms with Crippen molar-refractivity contribution < 1.29 is 29.1 Å². The van der Waals surface area contributed by atoms with Gasteiger partial charge in [0, 0.05) is 18.2 Å². The van der Waals surface area contributed by atoms with Crippen LogP contribution in [0, 0.1) is 0 Å². The van der Waals surface area contributed by atoms with E-state index in [1.54, 1.807) is 6.20 Å². The Morgan fingerprint density at radius 3 is 2.74 bits per heavy atom. The molecule has 2 aliphatic rings. The minimum absolute atomic E-state index is 0.0573. The van der Waals surface area contributed by atoms with Crippen LogP contribution >= 0.6 is 0 Å². The molecule has 1 aromatic heterocycles. The van der Waals surface area contributed by atoms with Crippen molar-refractivity contribution in [2.24, 2.45) is 0 Å². The molecule has 1 aromatic carbocycles. The number of aliphatic carboxylic acids is 1. The van der Waals surface area contributed by atoms with E-state index in [1.165, 1.54) is 27.8 Å². The van der Waals surface area contributed by atoms with Crippen molar-refractivity contribution in [2.75, 3.05) is 13.7 Å². The summed E-state index contributed by atoms with van der Waals surface area (Å²) >= 11 is 0. The first-order valence-electron chi connectivity index (χ1n) is 9.69. The third kappa shape index (κ3) is 3.25. The van der Waals surface area contributed by atoms with Crippen molar-refractivity contribution in [3.8, 4) is 0 Å². The average molecular weight is 426 g/mol. The second-order valence-corrected chi connectivity index (χ2v) is 7.36. The lowest BCUT2D eigenvalue weighted by molar-refractivity contribution is -0.154. The summed E-state index contributed by atoms with van der Waals surface area (Å²) in [5.74, 6) is -1.75. The molecule has 0 saturated carbocycles. The number of fused-ring (bicyclic) bond motifs is 4. The Morgan fingerprint density at radius 1 is 1.35 bits per heavy atom. The van der Waals surface area contributed by atoms with E-state index in [-0.39, 0.29) is 31.8 Å². The number of carboxylic acid groups (broad SMARTS) is 1. The summed E-state index contributed by atoms with van der Waals surface area (Å²) < 4.78 is 6.30. The number of hydrogen-bond acceptors (Lipinski definition) is 6. The van der Waals surface area contributed by atoms with E-state index in [2.05, 4.69) is 11.7 Å². The molecule has 2 aromatic rings. The SMILES string of the molecule is C=CCC1(C(=O)OC)c2nn(CC(=O)O)cc2[C@H]2CN1C(=O)N2OCc1ccccc1. The summed E-state index contributed by atoms with van der Waals surface area (Å²) in [5.41, 5.74) is 0.145. The van der Waals surface area contributed by atoms with Gasteiger partial charge < -0.3 is 9.84 Å². The van der Waals surface area contributed by atoms with Gasteiger partial charge >= 0.3 is 18.0 Å². The number of rotatable bonds is 8. The summed E-state index contributed by atoms with van der Waals surface area (Å²) in [4.78, 5) is 44.8. The molecular weight excluding hydrogens is 404 g/mol. The molecule has 162 valence electrons. The van der Waals surface area contributed by atoms with Gasteiger partial charge in [-0.2, -0.15) is 10.2 Å². The zero-order chi connectivity index (χ0) is 22.2. The standard InChI is InChI=1S/C21H22N4O6/c1-3-9-21(19(28)30-2)18-15(10-23(22-18)12-17(26)27)16-11-24(21)20(29)25(16)31-13-14-7-5-4-6-8-14/h3-8,10,16H,1,9,11-13H2,2H3,(H,26,27)/t16-,21?/m1/s1. The Balaban J connectivity index is 1.77. The molecule has 2 aliphatic heterocycles. The molecule has 1 saturated heterocycles. The average Bonchev–Trinajstić information content (AvgIpc) is 3.30. The molecule has 2 bridgehead atoms. The number of aromatic nitrogens is 2. The highest BCUT2D eigenvalue weighted by molar-refractivity contribution is 5.91. The fraction of sp³-hybridized carbons (Fsp3) is 0.333. The summed E-state index contributed by atoms with van der Waals surface area (Å²) in [5, 5.41) is 14.8. The van der Waals surface area contributed by atoms with Crippen LogP contribution in [-0.4, -0.2) is 56.5 Å². The lowest BCUT2D eigenvalue weighted by atomic mass is 9.82. The largest absolute Gasteiger partial charge is 0.480 e. The Labute approximate surface area is 178 Å². The zero-order valence-corrected chi connectivity index (χ0v) is 16.9. The molecule has 10 heteroatoms. The van der Waals surface area contributed by atoms with Gasteiger partial charge in [-0.3, -0.25) is 19.2 Å². The highest BCUT2D eigenvalue weighted by atomic mass is 16.7. The molecule has 1 N–H and O–H groups in total. The molecule has 1 unspecified atom stereocenters. The van der Waals surface area contributed by atoms with Gasteiger partial charge in [-0.25, -0.2) is 9.59 Å². The van der Waals surface area contributed by atoms with Crippen LogP contribution in [-0.2, 0) is 37.9 Å². The van der Waals surface area contributed by atoms with Crippen molar-refractivity contribution in [1.82, 2.24) is 19.7 Å². The number of esters is 1. The number of nitrogens with zero attached hydrogens (tertiary/aromatic N) is 4. The molecule has 31 heavy (non-hydrogen) atoms. The summed E-state index contributed by atoms with van der Waals surface area (Å²) in [6, 6.07) is 8.33. The number of urea groups is 1. The molecule has 2 atom stereocenters. The quantitative estimate of drug-likeness (QED) is 0.506. The van der Waals surface area contributed by atoms with Crippen LogP contribution in [0.4, 0.5) is 4.79 Å². The highest BCUT2D eigenvalue weighted by Gasteiger charge is 2.62. The number of hydroxylamine groups is 2. The van der Waals surface area contributed by atoms with Crippen LogP contribution in [0.25, 0.3) is 0 Å². The summed E-state index contributed by atoms with van der Waals surface area (Å²) in [7, 11) is 1.23. The first-order valence-corrected chi connectivity index (χ1v) is 9.69. The van der Waals surface area contributed by atoms with E-state index in [1.807, 2.05) is 30.3 Å². The maximum absolute atomic E-state index is 13.3. The van der Waals surface area contributed by atoms with Crippen LogP contribution in [0.5, 0.6) is 0 Å². The lowest BCUT2D eigenvalue weighted by Crippen LogP contribution is -2.55. The van der Waals surface area contributed by atoms with Gasteiger partial charge in [0.05, 0.1) is 13.7 Å². The van der Waals surface area contributed by atoms with Gasteiger partial charge in [-0.15, -0.1) is 6.58 Å². The van der Waals surface area contributed by atoms with E-state index in [4.69, 9.17) is 9.57 Å². The minimum atomic E-state index is -1.55. The fourth-order valence-electron chi connectivity index (χ4n) is 4.21. The number of hydrogen-bond donors (Lipinski definition) is 1. The maximum atomic E-state index is 13.3. The minimum Gasteiger partial charge on any atom is -0.480 e. The van der Waals surface area contributed by atoms with Crippen LogP contribution in [0.15, 0.2) is 49.2 Å². The number of ether oxygens (including phenoxy) is 1. The van der Waals surface area contributed by atoms with Crippen LogP contribution in [0.1, 0.15) is 29.3 Å². The first kappa shape index (κ1) is 20.6. The van der Waals surface area contributed by atoms with Crippen molar-refractivity contribution in [2.45, 2.75) is 31.2 Å². The smallest absolute Gasteiger partial charge is 0.345 e. The summed E-state index contributed by atoms with van der Waals surface area (Å²) in [6.45, 7) is 3.67. The topological polar surface area (TPSA) is 114 Å². The third-order valence-corrected chi connectivity index (χ3v) is 5.53. The normalized spacial score (nSPS) is 21.7. The van der Waals surface area contributed by atoms with Crippen LogP contribution in [0.3, 0.4) is 0 Å². The predicted molar refractivity (Wildman–Crippen MR) is 106 cm³/mol. The third-order valence-electron chi connectivity index (χ3n) is 5.53. The molecule has 0 spiro atoms. The lowest BCUT2D eigenvalue weighted by Gasteiger charge is -2.39. The highest BCUT2D eigenvalue weighted by Crippen LogP contribution is 2.49. The molecule has 0 aliphatic carbocycles. The van der Waals surface area contributed by atoms with Crippen molar-refractivity contribution in [3.05, 3.63) is 66.0 Å². The number of methoxy groups -OCH3 is 1. The van der Waals surface area contributed by atoms with Gasteiger partial charge in [0.2, 0.25) is 0 Å². The monoisotopic (exact) mass is 426 g/mol. The van der Waals surface area contributed by atoms with Gasteiger partial charge in [0.15, 0.2) is 5.54 Å². The van der Waals surface area contributed by atoms with Crippen molar-refractivity contribution in [1.29, 1.82) is 0 Å². The van der Waals surface area contributed by atoms with E-state index < -0.39 is 29.6 Å². The zero-order valence-electron chi connectivity index (χ0n) is 16.9. The van der Waals surface area contributed by atoms with Crippen LogP contribution in [0.2, 0.25) is 0 Å². The number of carbonyl (C=O) groups is 3. The second-order valence-electron chi connectivity index (χ2n) is 7.36. The number of amides is 2. The fourth-order valence-corrected chi connectivity index (χ4v) is 4.21. The van der Waals surface area contributed by atoms with E-state index in [0.29, 0.717) is 5.56 Å². The van der Waals surface area contributed by atoms with Crippen molar-refractivity contribution >= 4 is 18.0 Å². The van der Waals surface area contributed by atoms with Gasteiger partial charge in [0.25, 0.3) is 0 Å². The molecular formula is C21H22N4O6. The van der Waals surface area contributed by atoms with E-state index >= 15 is 0 Å². The van der Waals surface area contributed by atoms with Gasteiger partial charge in [-0.1, -0.05) is 36.4 Å². The van der Waals surface area contributed by atoms with Crippen LogP contribution < -0.4 is 0 Å². The van der Waals surface area contributed by atoms with Gasteiger partial charge in [0.1, 0.15) is 24.9 Å². The molecule has 3 heterocycles. The summed E-state index contributed by atoms with van der Waals surface area (Å²) in [6.07, 6.45) is 3.11. The predicted octanol–water partition coefficient (Wildman–Crippen LogP) is 1.84. The molecule has 4 rings (SSSR count). The Kier molecular flexibility index (Phi) is 5.24. The second kappa shape index (κ2) is 7.88. The number of carbonyl (C=O) groups excluding carboxylic acids is 2. The molecule has 1 fully saturated rings. The van der Waals surface area contributed by atoms with Gasteiger partial charge in [-0.05, 0) is 5.56 Å². The molecule has 2 amide bonds. The Bertz CT molecular complexity index is 1040. The number of carboxylic acids is 1. The van der Waals surface area contributed by atoms with Crippen molar-refractivity contribution in [3.63, 3.8) is 0 Å². The Hall–Kier alpha value is -3.66. The van der Waals surface area contributed by atoms with E-state index in [0.717, 1.165) is 5.56 Å². The number of benzene rings is 1. The maximum Gasteiger partial charge on any atom is 0.345 e.